The Hall–Kier alpha value is -3.56. The predicted molar refractivity (Wildman–Crippen MR) is 94.3 cm³/mol. The van der Waals surface area contributed by atoms with Crippen molar-refractivity contribution >= 4 is 33.3 Å². The molecule has 4 aromatic rings. The summed E-state index contributed by atoms with van der Waals surface area (Å²) in [6, 6.07) is 8.35. The maximum Gasteiger partial charge on any atom is 0.573 e. The lowest BCUT2D eigenvalue weighted by Gasteiger charge is -2.12. The van der Waals surface area contributed by atoms with E-state index in [1.807, 2.05) is 6.07 Å². The summed E-state index contributed by atoms with van der Waals surface area (Å²) in [5.74, 6) is -1.08. The number of pyridine rings is 1. The minimum atomic E-state index is -4.97. The van der Waals surface area contributed by atoms with E-state index in [9.17, 15) is 17.6 Å². The van der Waals surface area contributed by atoms with Gasteiger partial charge in [-0.25, -0.2) is 9.37 Å². The number of fused-ring (bicyclic) bond motifs is 3. The van der Waals surface area contributed by atoms with E-state index in [1.165, 1.54) is 6.07 Å². The molecule has 0 amide bonds. The van der Waals surface area contributed by atoms with Gasteiger partial charge in [0.15, 0.2) is 17.4 Å². The van der Waals surface area contributed by atoms with E-state index in [-0.39, 0.29) is 5.69 Å². The van der Waals surface area contributed by atoms with Gasteiger partial charge in [0.25, 0.3) is 0 Å². The van der Waals surface area contributed by atoms with Crippen LogP contribution in [0.3, 0.4) is 0 Å². The zero-order chi connectivity index (χ0) is 19.9. The largest absolute Gasteiger partial charge is 0.573 e. The van der Waals surface area contributed by atoms with Crippen LogP contribution in [0.5, 0.6) is 11.5 Å². The number of ether oxygens (including phenoxy) is 2. The van der Waals surface area contributed by atoms with Crippen LogP contribution in [-0.4, -0.2) is 28.7 Å². The normalized spacial score (nSPS) is 11.8. The van der Waals surface area contributed by atoms with Crippen LogP contribution >= 0.6 is 0 Å². The Morgan fingerprint density at radius 2 is 1.89 bits per heavy atom. The molecule has 0 fully saturated rings. The Morgan fingerprint density at radius 1 is 1.07 bits per heavy atom. The minimum absolute atomic E-state index is 0.197. The number of benzene rings is 2. The molecule has 0 atom stereocenters. The van der Waals surface area contributed by atoms with Gasteiger partial charge < -0.3 is 14.8 Å². The van der Waals surface area contributed by atoms with Crippen LogP contribution < -0.4 is 14.8 Å². The topological polar surface area (TPSA) is 72.1 Å². The first-order valence-corrected chi connectivity index (χ1v) is 7.97. The molecule has 0 aliphatic rings. The number of hydrogen-bond acceptors (Lipinski definition) is 5. The highest BCUT2D eigenvalue weighted by Gasteiger charge is 2.32. The van der Waals surface area contributed by atoms with Gasteiger partial charge in [0.1, 0.15) is 11.3 Å². The van der Waals surface area contributed by atoms with Crippen molar-refractivity contribution in [3.8, 4) is 11.5 Å². The van der Waals surface area contributed by atoms with Crippen molar-refractivity contribution in [2.75, 3.05) is 12.4 Å². The third-order valence-corrected chi connectivity index (χ3v) is 4.02. The van der Waals surface area contributed by atoms with Crippen molar-refractivity contribution in [1.82, 2.24) is 15.2 Å². The Labute approximate surface area is 155 Å². The number of methoxy groups -OCH3 is 1. The minimum Gasteiger partial charge on any atom is -0.497 e. The van der Waals surface area contributed by atoms with Crippen LogP contribution in [0.25, 0.3) is 21.8 Å². The van der Waals surface area contributed by atoms with E-state index in [2.05, 4.69) is 25.2 Å². The van der Waals surface area contributed by atoms with Gasteiger partial charge in [0, 0.05) is 22.5 Å². The van der Waals surface area contributed by atoms with Crippen LogP contribution in [0.1, 0.15) is 0 Å². The fourth-order valence-corrected chi connectivity index (χ4v) is 2.82. The van der Waals surface area contributed by atoms with Crippen molar-refractivity contribution in [3.05, 3.63) is 48.4 Å². The van der Waals surface area contributed by atoms with Gasteiger partial charge in [0.2, 0.25) is 0 Å². The molecule has 0 spiro atoms. The molecule has 0 aliphatic heterocycles. The summed E-state index contributed by atoms with van der Waals surface area (Å²) in [6.07, 6.45) is -3.36. The van der Waals surface area contributed by atoms with E-state index in [0.717, 1.165) is 22.9 Å². The molecule has 2 aromatic carbocycles. The van der Waals surface area contributed by atoms with Crippen LogP contribution in [0.2, 0.25) is 0 Å². The summed E-state index contributed by atoms with van der Waals surface area (Å²) in [5.41, 5.74) is 1.38. The Bertz CT molecular complexity index is 1170. The molecule has 0 bridgehead atoms. The summed E-state index contributed by atoms with van der Waals surface area (Å²) in [6.45, 7) is 0. The van der Waals surface area contributed by atoms with Gasteiger partial charge >= 0.3 is 6.36 Å². The molecule has 0 saturated heterocycles. The third-order valence-electron chi connectivity index (χ3n) is 4.02. The lowest BCUT2D eigenvalue weighted by Crippen LogP contribution is -2.17. The first kappa shape index (κ1) is 17.8. The van der Waals surface area contributed by atoms with Gasteiger partial charge in [0.05, 0.1) is 18.8 Å². The Kier molecular flexibility index (Phi) is 4.17. The van der Waals surface area contributed by atoms with Gasteiger partial charge in [-0.15, -0.1) is 13.2 Å². The Balaban J connectivity index is 1.73. The molecule has 0 unspecified atom stereocenters. The van der Waals surface area contributed by atoms with E-state index in [0.29, 0.717) is 22.6 Å². The van der Waals surface area contributed by atoms with E-state index in [1.54, 1.807) is 25.4 Å². The second-order valence-corrected chi connectivity index (χ2v) is 5.82. The molecule has 6 nitrogen and oxygen atoms in total. The summed E-state index contributed by atoms with van der Waals surface area (Å²) in [7, 11) is 1.55. The second-order valence-electron chi connectivity index (χ2n) is 5.82. The maximum absolute atomic E-state index is 14.0. The molecule has 0 radical (unpaired) electrons. The molecule has 0 aliphatic carbocycles. The summed E-state index contributed by atoms with van der Waals surface area (Å²) < 4.78 is 59.6. The van der Waals surface area contributed by atoms with Gasteiger partial charge in [-0.2, -0.15) is 5.10 Å². The van der Waals surface area contributed by atoms with Crippen molar-refractivity contribution in [3.63, 3.8) is 0 Å². The molecule has 144 valence electrons. The quantitative estimate of drug-likeness (QED) is 0.484. The molecular weight excluding hydrogens is 380 g/mol. The average molecular weight is 392 g/mol. The maximum atomic E-state index is 14.0. The van der Waals surface area contributed by atoms with Crippen molar-refractivity contribution in [2.24, 2.45) is 0 Å². The molecule has 2 N–H and O–H groups in total. The fourth-order valence-electron chi connectivity index (χ4n) is 2.82. The molecular formula is C18H12F4N4O2. The number of anilines is 2. The van der Waals surface area contributed by atoms with Crippen molar-refractivity contribution < 1.29 is 27.0 Å². The molecule has 0 saturated carbocycles. The average Bonchev–Trinajstić information content (AvgIpc) is 3.13. The molecule has 2 heterocycles. The number of H-pyrrole nitrogens is 1. The number of aromatic nitrogens is 3. The highest BCUT2D eigenvalue weighted by molar-refractivity contribution is 6.09. The lowest BCUT2D eigenvalue weighted by atomic mass is 10.1. The SMILES string of the molecule is COc1ccc2nc(Nc3ccc(OC(F)(F)F)c(F)c3)c3[nH]ncc3c2c1. The first-order valence-electron chi connectivity index (χ1n) is 7.97. The zero-order valence-electron chi connectivity index (χ0n) is 14.3. The molecule has 10 heteroatoms. The zero-order valence-corrected chi connectivity index (χ0v) is 14.3. The van der Waals surface area contributed by atoms with Crippen LogP contribution in [0, 0.1) is 5.82 Å². The fraction of sp³-hybridized carbons (Fsp3) is 0.111. The molecule has 2 aromatic heterocycles. The standard InChI is InChI=1S/C18H12F4N4O2/c1-27-10-3-4-14-11(7-10)12-8-23-26-16(12)17(25-14)24-9-2-5-15(13(19)6-9)28-18(20,21)22/h2-8H,1H3,(H,23,26)(H,24,25). The van der Waals surface area contributed by atoms with Crippen LogP contribution in [0.15, 0.2) is 42.6 Å². The molecule has 4 rings (SSSR count). The number of hydrogen-bond donors (Lipinski definition) is 2. The number of nitrogens with zero attached hydrogens (tertiary/aromatic N) is 2. The van der Waals surface area contributed by atoms with E-state index >= 15 is 0 Å². The second kappa shape index (κ2) is 6.55. The number of aromatic amines is 1. The van der Waals surface area contributed by atoms with Crippen molar-refractivity contribution in [2.45, 2.75) is 6.36 Å². The van der Waals surface area contributed by atoms with E-state index < -0.39 is 17.9 Å². The highest BCUT2D eigenvalue weighted by Crippen LogP contribution is 2.33. The van der Waals surface area contributed by atoms with E-state index in [4.69, 9.17) is 4.74 Å². The highest BCUT2D eigenvalue weighted by atomic mass is 19.4. The van der Waals surface area contributed by atoms with Gasteiger partial charge in [-0.3, -0.25) is 5.10 Å². The monoisotopic (exact) mass is 392 g/mol. The summed E-state index contributed by atoms with van der Waals surface area (Å²) in [4.78, 5) is 4.49. The third kappa shape index (κ3) is 3.36. The van der Waals surface area contributed by atoms with Gasteiger partial charge in [-0.1, -0.05) is 0 Å². The lowest BCUT2D eigenvalue weighted by molar-refractivity contribution is -0.275. The summed E-state index contributed by atoms with van der Waals surface area (Å²) in [5, 5.41) is 11.3. The Morgan fingerprint density at radius 3 is 2.61 bits per heavy atom. The predicted octanol–water partition coefficient (Wildman–Crippen LogP) is 4.90. The molecule has 28 heavy (non-hydrogen) atoms. The number of nitrogens with one attached hydrogen (secondary N) is 2. The van der Waals surface area contributed by atoms with Gasteiger partial charge in [-0.05, 0) is 30.3 Å². The first-order chi connectivity index (χ1) is 13.3. The van der Waals surface area contributed by atoms with Crippen LogP contribution in [0.4, 0.5) is 29.1 Å². The summed E-state index contributed by atoms with van der Waals surface area (Å²) >= 11 is 0. The number of halogens is 4. The van der Waals surface area contributed by atoms with Crippen molar-refractivity contribution in [1.29, 1.82) is 0 Å². The smallest absolute Gasteiger partial charge is 0.497 e. The van der Waals surface area contributed by atoms with Crippen LogP contribution in [-0.2, 0) is 0 Å². The number of alkyl halides is 3. The number of rotatable bonds is 4.